The van der Waals surface area contributed by atoms with Crippen molar-refractivity contribution in [2.75, 3.05) is 19.6 Å². The SMILES string of the molecule is O=C(c1cc2ccccc2cc1O)N1CCC[C@@]2(CCCN2Cc2cc(F)ccc2F)CC1. The van der Waals surface area contributed by atoms with E-state index in [2.05, 4.69) is 4.90 Å². The van der Waals surface area contributed by atoms with Crippen LogP contribution in [0.1, 0.15) is 48.0 Å². The summed E-state index contributed by atoms with van der Waals surface area (Å²) in [5.74, 6) is -0.958. The summed E-state index contributed by atoms with van der Waals surface area (Å²) in [6.45, 7) is 2.42. The van der Waals surface area contributed by atoms with Gasteiger partial charge in [0.05, 0.1) is 5.56 Å². The van der Waals surface area contributed by atoms with Crippen molar-refractivity contribution in [2.24, 2.45) is 0 Å². The van der Waals surface area contributed by atoms with Gasteiger partial charge in [0.15, 0.2) is 0 Å². The molecule has 4 nitrogen and oxygen atoms in total. The highest BCUT2D eigenvalue weighted by Crippen LogP contribution is 2.40. The fourth-order valence-corrected chi connectivity index (χ4v) is 5.63. The molecule has 1 atom stereocenters. The van der Waals surface area contributed by atoms with Gasteiger partial charge in [-0.3, -0.25) is 9.69 Å². The Labute approximate surface area is 192 Å². The van der Waals surface area contributed by atoms with Crippen LogP contribution >= 0.6 is 0 Å². The number of hydrogen-bond acceptors (Lipinski definition) is 3. The first-order valence-electron chi connectivity index (χ1n) is 11.7. The molecule has 0 aromatic heterocycles. The lowest BCUT2D eigenvalue weighted by Crippen LogP contribution is -2.44. The lowest BCUT2D eigenvalue weighted by molar-refractivity contribution is 0.0735. The number of phenols is 1. The Morgan fingerprint density at radius 3 is 2.42 bits per heavy atom. The van der Waals surface area contributed by atoms with Crippen molar-refractivity contribution in [3.05, 3.63) is 77.4 Å². The maximum Gasteiger partial charge on any atom is 0.257 e. The van der Waals surface area contributed by atoms with E-state index in [9.17, 15) is 18.7 Å². The minimum atomic E-state index is -0.424. The van der Waals surface area contributed by atoms with Crippen LogP contribution in [-0.4, -0.2) is 46.0 Å². The maximum absolute atomic E-state index is 14.3. The second kappa shape index (κ2) is 8.75. The molecule has 1 spiro atoms. The monoisotopic (exact) mass is 450 g/mol. The zero-order valence-corrected chi connectivity index (χ0v) is 18.6. The van der Waals surface area contributed by atoms with E-state index >= 15 is 0 Å². The Morgan fingerprint density at radius 2 is 1.64 bits per heavy atom. The van der Waals surface area contributed by atoms with Crippen LogP contribution in [0.3, 0.4) is 0 Å². The van der Waals surface area contributed by atoms with Crippen molar-refractivity contribution in [2.45, 2.75) is 44.2 Å². The molecular weight excluding hydrogens is 422 g/mol. The summed E-state index contributed by atoms with van der Waals surface area (Å²) in [7, 11) is 0. The quantitative estimate of drug-likeness (QED) is 0.574. The van der Waals surface area contributed by atoms with E-state index in [1.54, 1.807) is 12.1 Å². The molecule has 0 saturated carbocycles. The first-order valence-corrected chi connectivity index (χ1v) is 11.7. The number of aromatic hydroxyl groups is 1. The largest absolute Gasteiger partial charge is 0.507 e. The number of halogens is 2. The van der Waals surface area contributed by atoms with Crippen molar-refractivity contribution >= 4 is 16.7 Å². The van der Waals surface area contributed by atoms with Crippen LogP contribution in [0, 0.1) is 11.6 Å². The Bertz CT molecular complexity index is 1200. The van der Waals surface area contributed by atoms with Crippen molar-refractivity contribution in [3.63, 3.8) is 0 Å². The summed E-state index contributed by atoms with van der Waals surface area (Å²) in [6.07, 6.45) is 4.53. The number of carbonyl (C=O) groups is 1. The van der Waals surface area contributed by atoms with E-state index in [0.717, 1.165) is 55.5 Å². The normalized spacial score (nSPS) is 21.6. The number of carbonyl (C=O) groups excluding carboxylic acids is 1. The molecule has 172 valence electrons. The van der Waals surface area contributed by atoms with Gasteiger partial charge >= 0.3 is 0 Å². The molecule has 2 fully saturated rings. The average Bonchev–Trinajstić information content (AvgIpc) is 3.05. The highest BCUT2D eigenvalue weighted by Gasteiger charge is 2.42. The summed E-state index contributed by atoms with van der Waals surface area (Å²) in [5, 5.41) is 12.3. The third kappa shape index (κ3) is 4.20. The van der Waals surface area contributed by atoms with Crippen LogP contribution in [0.15, 0.2) is 54.6 Å². The summed E-state index contributed by atoms with van der Waals surface area (Å²) < 4.78 is 28.0. The fourth-order valence-electron chi connectivity index (χ4n) is 5.63. The van der Waals surface area contributed by atoms with Crippen LogP contribution in [0.4, 0.5) is 8.78 Å². The van der Waals surface area contributed by atoms with E-state index in [4.69, 9.17) is 0 Å². The smallest absolute Gasteiger partial charge is 0.257 e. The van der Waals surface area contributed by atoms with Crippen LogP contribution in [0.5, 0.6) is 5.75 Å². The van der Waals surface area contributed by atoms with Gasteiger partial charge in [-0.2, -0.15) is 0 Å². The molecule has 33 heavy (non-hydrogen) atoms. The van der Waals surface area contributed by atoms with E-state index in [0.29, 0.717) is 30.8 Å². The second-order valence-corrected chi connectivity index (χ2v) is 9.35. The molecule has 5 rings (SSSR count). The number of phenolic OH excluding ortho intramolecular Hbond substituents is 1. The molecule has 1 N–H and O–H groups in total. The predicted octanol–water partition coefficient (Wildman–Crippen LogP) is 5.48. The number of benzene rings is 3. The highest BCUT2D eigenvalue weighted by atomic mass is 19.1. The lowest BCUT2D eigenvalue weighted by Gasteiger charge is -2.38. The molecule has 3 aromatic carbocycles. The summed E-state index contributed by atoms with van der Waals surface area (Å²) in [5.41, 5.74) is 0.600. The van der Waals surface area contributed by atoms with Gasteiger partial charge in [0.1, 0.15) is 17.4 Å². The number of likely N-dealkylation sites (tertiary alicyclic amines) is 2. The molecule has 2 heterocycles. The molecule has 2 aliphatic rings. The molecule has 1 amide bonds. The Kier molecular flexibility index (Phi) is 5.79. The fraction of sp³-hybridized carbons (Fsp3) is 0.370. The number of nitrogens with zero attached hydrogens (tertiary/aromatic N) is 2. The van der Waals surface area contributed by atoms with Gasteiger partial charge in [0, 0.05) is 30.7 Å². The van der Waals surface area contributed by atoms with Crippen molar-refractivity contribution in [1.82, 2.24) is 9.80 Å². The van der Waals surface area contributed by atoms with E-state index < -0.39 is 5.82 Å². The standard InChI is InChI=1S/C27H28F2N2O2/c28-22-7-8-24(29)21(15-22)18-31-13-4-10-27(31)9-3-12-30(14-11-27)26(33)23-16-19-5-1-2-6-20(19)17-25(23)32/h1-2,5-8,15-17,32H,3-4,9-14,18H2/t27-/m1/s1. The third-order valence-electron chi connectivity index (χ3n) is 7.41. The van der Waals surface area contributed by atoms with Gasteiger partial charge in [-0.25, -0.2) is 8.78 Å². The van der Waals surface area contributed by atoms with Crippen molar-refractivity contribution < 1.29 is 18.7 Å². The number of amides is 1. The number of fused-ring (bicyclic) bond motifs is 1. The first-order chi connectivity index (χ1) is 15.9. The summed E-state index contributed by atoms with van der Waals surface area (Å²) in [6, 6.07) is 14.7. The highest BCUT2D eigenvalue weighted by molar-refractivity contribution is 6.01. The Morgan fingerprint density at radius 1 is 0.909 bits per heavy atom. The Balaban J connectivity index is 1.34. The molecule has 2 aliphatic heterocycles. The van der Waals surface area contributed by atoms with E-state index in [1.807, 2.05) is 29.2 Å². The summed E-state index contributed by atoms with van der Waals surface area (Å²) in [4.78, 5) is 17.5. The first kappa shape index (κ1) is 21.8. The zero-order valence-electron chi connectivity index (χ0n) is 18.6. The van der Waals surface area contributed by atoms with Crippen LogP contribution in [0.25, 0.3) is 10.8 Å². The molecule has 3 aromatic rings. The van der Waals surface area contributed by atoms with Crippen LogP contribution < -0.4 is 0 Å². The summed E-state index contributed by atoms with van der Waals surface area (Å²) >= 11 is 0. The zero-order chi connectivity index (χ0) is 23.0. The van der Waals surface area contributed by atoms with Gasteiger partial charge in [-0.15, -0.1) is 0 Å². The molecule has 0 aliphatic carbocycles. The molecular formula is C27H28F2N2O2. The van der Waals surface area contributed by atoms with Gasteiger partial charge in [-0.05, 0) is 79.8 Å². The van der Waals surface area contributed by atoms with Crippen LogP contribution in [-0.2, 0) is 6.54 Å². The van der Waals surface area contributed by atoms with Crippen LogP contribution in [0.2, 0.25) is 0 Å². The molecule has 0 bridgehead atoms. The molecule has 6 heteroatoms. The topological polar surface area (TPSA) is 43.8 Å². The minimum absolute atomic E-state index is 0.00160. The van der Waals surface area contributed by atoms with Gasteiger partial charge in [-0.1, -0.05) is 24.3 Å². The Hall–Kier alpha value is -2.99. The van der Waals surface area contributed by atoms with E-state index in [-0.39, 0.29) is 23.0 Å². The molecule has 0 unspecified atom stereocenters. The molecule has 2 saturated heterocycles. The maximum atomic E-state index is 14.3. The van der Waals surface area contributed by atoms with Crippen molar-refractivity contribution in [3.8, 4) is 5.75 Å². The van der Waals surface area contributed by atoms with Crippen molar-refractivity contribution in [1.29, 1.82) is 0 Å². The average molecular weight is 451 g/mol. The number of rotatable bonds is 3. The van der Waals surface area contributed by atoms with Gasteiger partial charge in [0.25, 0.3) is 5.91 Å². The van der Waals surface area contributed by atoms with Gasteiger partial charge < -0.3 is 10.0 Å². The predicted molar refractivity (Wildman–Crippen MR) is 124 cm³/mol. The van der Waals surface area contributed by atoms with E-state index in [1.165, 1.54) is 12.1 Å². The lowest BCUT2D eigenvalue weighted by atomic mass is 9.87. The minimum Gasteiger partial charge on any atom is -0.507 e. The third-order valence-corrected chi connectivity index (χ3v) is 7.41. The number of hydrogen-bond donors (Lipinski definition) is 1. The second-order valence-electron chi connectivity index (χ2n) is 9.35. The van der Waals surface area contributed by atoms with Gasteiger partial charge in [0.2, 0.25) is 0 Å². The molecule has 0 radical (unpaired) electrons.